The zero-order chi connectivity index (χ0) is 27.9. The minimum Gasteiger partial charge on any atom is -0.354 e. The summed E-state index contributed by atoms with van der Waals surface area (Å²) in [5.74, 6) is -1.44. The summed E-state index contributed by atoms with van der Waals surface area (Å²) < 4.78 is 42.0. The van der Waals surface area contributed by atoms with Crippen LogP contribution in [0, 0.1) is 12.7 Å². The van der Waals surface area contributed by atoms with Crippen LogP contribution in [0.4, 0.5) is 10.1 Å². The van der Waals surface area contributed by atoms with E-state index < -0.39 is 34.3 Å². The quantitative estimate of drug-likeness (QED) is 0.361. The van der Waals surface area contributed by atoms with E-state index >= 15 is 0 Å². The molecule has 0 aliphatic heterocycles. The van der Waals surface area contributed by atoms with E-state index in [1.807, 2.05) is 13.8 Å². The van der Waals surface area contributed by atoms with Crippen molar-refractivity contribution in [3.8, 4) is 0 Å². The van der Waals surface area contributed by atoms with Gasteiger partial charge in [-0.1, -0.05) is 60.5 Å². The molecule has 0 aliphatic rings. The van der Waals surface area contributed by atoms with E-state index in [0.29, 0.717) is 18.5 Å². The van der Waals surface area contributed by atoms with Crippen LogP contribution in [-0.2, 0) is 26.2 Å². The van der Waals surface area contributed by atoms with Crippen molar-refractivity contribution in [2.75, 3.05) is 17.4 Å². The van der Waals surface area contributed by atoms with Crippen molar-refractivity contribution in [2.24, 2.45) is 0 Å². The van der Waals surface area contributed by atoms with Crippen molar-refractivity contribution < 1.29 is 22.4 Å². The zero-order valence-corrected chi connectivity index (χ0v) is 23.1. The normalized spacial score (nSPS) is 12.0. The number of hydrogen-bond donors (Lipinski definition) is 1. The second kappa shape index (κ2) is 12.9. The Morgan fingerprint density at radius 2 is 1.63 bits per heavy atom. The Labute approximate surface area is 228 Å². The zero-order valence-electron chi connectivity index (χ0n) is 21.5. The lowest BCUT2D eigenvalue weighted by atomic mass is 10.1. The highest BCUT2D eigenvalue weighted by atomic mass is 35.5. The van der Waals surface area contributed by atoms with Gasteiger partial charge in [-0.05, 0) is 62.2 Å². The van der Waals surface area contributed by atoms with E-state index in [1.165, 1.54) is 53.4 Å². The fraction of sp³-hybridized carbons (Fsp3) is 0.286. The summed E-state index contributed by atoms with van der Waals surface area (Å²) in [5.41, 5.74) is 1.59. The Hall–Kier alpha value is -3.43. The number of nitrogens with zero attached hydrogens (tertiary/aromatic N) is 2. The van der Waals surface area contributed by atoms with Gasteiger partial charge in [0.05, 0.1) is 15.6 Å². The number of halogens is 2. The Balaban J connectivity index is 2.02. The number of aryl methyl sites for hydroxylation is 1. The lowest BCUT2D eigenvalue weighted by Crippen LogP contribution is -2.51. The minimum absolute atomic E-state index is 0.00496. The monoisotopic (exact) mass is 559 g/mol. The number of carbonyl (C=O) groups excluding carboxylic acids is 2. The fourth-order valence-electron chi connectivity index (χ4n) is 3.77. The molecule has 3 aromatic rings. The molecule has 0 saturated carbocycles. The molecule has 2 amide bonds. The van der Waals surface area contributed by atoms with Gasteiger partial charge in [0.15, 0.2) is 0 Å². The molecule has 38 heavy (non-hydrogen) atoms. The number of carbonyl (C=O) groups is 2. The van der Waals surface area contributed by atoms with E-state index in [-0.39, 0.29) is 28.1 Å². The predicted molar refractivity (Wildman–Crippen MR) is 147 cm³/mol. The van der Waals surface area contributed by atoms with Gasteiger partial charge in [0, 0.05) is 13.1 Å². The molecule has 0 heterocycles. The van der Waals surface area contributed by atoms with Crippen LogP contribution < -0.4 is 9.62 Å². The van der Waals surface area contributed by atoms with Gasteiger partial charge in [-0.2, -0.15) is 0 Å². The second-order valence-corrected chi connectivity index (χ2v) is 11.2. The Kier molecular flexibility index (Phi) is 9.88. The summed E-state index contributed by atoms with van der Waals surface area (Å²) in [5, 5.41) is 2.92. The maximum Gasteiger partial charge on any atom is 0.264 e. The number of para-hydroxylation sites is 1. The van der Waals surface area contributed by atoms with Crippen LogP contribution in [0.15, 0.2) is 77.7 Å². The van der Waals surface area contributed by atoms with Crippen LogP contribution in [0.1, 0.15) is 31.4 Å². The van der Waals surface area contributed by atoms with Crippen molar-refractivity contribution in [2.45, 2.75) is 44.7 Å². The first kappa shape index (κ1) is 29.1. The van der Waals surface area contributed by atoms with E-state index in [1.54, 1.807) is 31.2 Å². The average Bonchev–Trinajstić information content (AvgIpc) is 2.90. The number of sulfonamides is 1. The van der Waals surface area contributed by atoms with Crippen molar-refractivity contribution in [3.05, 3.63) is 94.8 Å². The molecule has 0 aliphatic carbocycles. The third-order valence-corrected chi connectivity index (χ3v) is 8.09. The maximum atomic E-state index is 13.8. The third-order valence-electron chi connectivity index (χ3n) is 5.99. The number of amides is 2. The van der Waals surface area contributed by atoms with Crippen LogP contribution in [0.3, 0.4) is 0 Å². The summed E-state index contributed by atoms with van der Waals surface area (Å²) in [6, 6.07) is 17.2. The number of nitrogens with one attached hydrogen (secondary N) is 1. The summed E-state index contributed by atoms with van der Waals surface area (Å²) in [4.78, 5) is 27.9. The molecule has 3 rings (SSSR count). The Morgan fingerprint density at radius 1 is 1.00 bits per heavy atom. The van der Waals surface area contributed by atoms with Crippen LogP contribution >= 0.6 is 11.6 Å². The number of hydrogen-bond acceptors (Lipinski definition) is 4. The lowest BCUT2D eigenvalue weighted by Gasteiger charge is -2.32. The highest BCUT2D eigenvalue weighted by Gasteiger charge is 2.33. The first-order valence-corrected chi connectivity index (χ1v) is 14.0. The van der Waals surface area contributed by atoms with E-state index in [0.717, 1.165) is 9.87 Å². The highest BCUT2D eigenvalue weighted by Crippen LogP contribution is 2.31. The maximum absolute atomic E-state index is 13.8. The van der Waals surface area contributed by atoms with Crippen LogP contribution in [0.2, 0.25) is 5.02 Å². The lowest BCUT2D eigenvalue weighted by molar-refractivity contribution is -0.139. The summed E-state index contributed by atoms with van der Waals surface area (Å²) in [7, 11) is -4.21. The topological polar surface area (TPSA) is 86.8 Å². The third kappa shape index (κ3) is 7.11. The van der Waals surface area contributed by atoms with Gasteiger partial charge in [0.1, 0.15) is 18.4 Å². The van der Waals surface area contributed by atoms with Gasteiger partial charge >= 0.3 is 0 Å². The molecule has 202 valence electrons. The van der Waals surface area contributed by atoms with E-state index in [4.69, 9.17) is 11.6 Å². The molecule has 1 atom stereocenters. The Morgan fingerprint density at radius 3 is 2.24 bits per heavy atom. The molecule has 7 nitrogen and oxygen atoms in total. The minimum atomic E-state index is -4.21. The molecule has 10 heteroatoms. The van der Waals surface area contributed by atoms with Crippen molar-refractivity contribution >= 4 is 39.1 Å². The van der Waals surface area contributed by atoms with Crippen molar-refractivity contribution in [1.82, 2.24) is 10.2 Å². The second-order valence-electron chi connectivity index (χ2n) is 8.89. The molecule has 0 spiro atoms. The van der Waals surface area contributed by atoms with Crippen LogP contribution in [0.5, 0.6) is 0 Å². The molecule has 0 aromatic heterocycles. The molecule has 0 radical (unpaired) electrons. The van der Waals surface area contributed by atoms with Gasteiger partial charge in [0.2, 0.25) is 11.8 Å². The molecule has 0 unspecified atom stereocenters. The molecule has 0 fully saturated rings. The predicted octanol–water partition coefficient (Wildman–Crippen LogP) is 4.93. The van der Waals surface area contributed by atoms with Crippen LogP contribution in [0.25, 0.3) is 0 Å². The fourth-order valence-corrected chi connectivity index (χ4v) is 5.49. The van der Waals surface area contributed by atoms with Gasteiger partial charge in [-0.25, -0.2) is 12.8 Å². The summed E-state index contributed by atoms with van der Waals surface area (Å²) >= 11 is 6.38. The average molecular weight is 560 g/mol. The Bertz CT molecular complexity index is 1370. The largest absolute Gasteiger partial charge is 0.354 e. The molecule has 0 saturated heterocycles. The highest BCUT2D eigenvalue weighted by molar-refractivity contribution is 7.92. The smallest absolute Gasteiger partial charge is 0.264 e. The van der Waals surface area contributed by atoms with E-state index in [9.17, 15) is 22.4 Å². The molecular weight excluding hydrogens is 529 g/mol. The number of anilines is 1. The van der Waals surface area contributed by atoms with Gasteiger partial charge in [0.25, 0.3) is 10.0 Å². The van der Waals surface area contributed by atoms with Crippen molar-refractivity contribution in [1.29, 1.82) is 0 Å². The number of rotatable bonds is 11. The van der Waals surface area contributed by atoms with E-state index in [2.05, 4.69) is 5.32 Å². The standard InChI is InChI=1S/C28H31ClFN3O4S/c1-4-17-31-28(35)21(3)32(18-22-11-13-23(30)14-12-22)27(34)19-33(26-8-6-5-7-25(26)29)38(36,37)24-15-9-20(2)10-16-24/h5-16,21H,4,17-19H2,1-3H3,(H,31,35)/t21-/m0/s1. The summed E-state index contributed by atoms with van der Waals surface area (Å²) in [6.45, 7) is 5.11. The molecular formula is C28H31ClFN3O4S. The van der Waals surface area contributed by atoms with Crippen LogP contribution in [-0.4, -0.2) is 44.3 Å². The molecule has 3 aromatic carbocycles. The SMILES string of the molecule is CCCNC(=O)[C@H](C)N(Cc1ccc(F)cc1)C(=O)CN(c1ccccc1Cl)S(=O)(=O)c1ccc(C)cc1. The van der Waals surface area contributed by atoms with Gasteiger partial charge in [-0.15, -0.1) is 0 Å². The summed E-state index contributed by atoms with van der Waals surface area (Å²) in [6.07, 6.45) is 0.708. The first-order valence-electron chi connectivity index (χ1n) is 12.2. The van der Waals surface area contributed by atoms with Gasteiger partial charge in [-0.3, -0.25) is 13.9 Å². The molecule has 0 bridgehead atoms. The van der Waals surface area contributed by atoms with Gasteiger partial charge < -0.3 is 10.2 Å². The number of benzene rings is 3. The van der Waals surface area contributed by atoms with Crippen molar-refractivity contribution in [3.63, 3.8) is 0 Å². The molecule has 1 N–H and O–H groups in total. The first-order chi connectivity index (χ1) is 18.0.